The Hall–Kier alpha value is -2.45. The van der Waals surface area contributed by atoms with Crippen LogP contribution < -0.4 is 0 Å². The summed E-state index contributed by atoms with van der Waals surface area (Å²) in [4.78, 5) is 25.9. The highest BCUT2D eigenvalue weighted by molar-refractivity contribution is 6.05. The average molecular weight is 296 g/mol. The Morgan fingerprint density at radius 2 is 1.68 bits per heavy atom. The van der Waals surface area contributed by atoms with E-state index in [1.165, 1.54) is 4.90 Å². The predicted molar refractivity (Wildman–Crippen MR) is 78.2 cm³/mol. The van der Waals surface area contributed by atoms with Crippen molar-refractivity contribution in [1.29, 1.82) is 5.26 Å². The summed E-state index contributed by atoms with van der Waals surface area (Å²) in [6, 6.07) is 8.50. The van der Waals surface area contributed by atoms with Crippen molar-refractivity contribution in [1.82, 2.24) is 4.90 Å². The van der Waals surface area contributed by atoms with Gasteiger partial charge in [0.05, 0.1) is 36.1 Å². The van der Waals surface area contributed by atoms with Crippen LogP contribution in [0.2, 0.25) is 0 Å². The molecule has 0 aromatic heterocycles. The van der Waals surface area contributed by atoms with Crippen LogP contribution in [0.15, 0.2) is 36.4 Å². The van der Waals surface area contributed by atoms with E-state index < -0.39 is 6.10 Å². The Labute approximate surface area is 128 Å². The van der Waals surface area contributed by atoms with Gasteiger partial charge in [0.25, 0.3) is 0 Å². The van der Waals surface area contributed by atoms with Gasteiger partial charge in [0.15, 0.2) is 0 Å². The molecule has 1 heterocycles. The first kappa shape index (κ1) is 14.5. The molecule has 1 aromatic rings. The van der Waals surface area contributed by atoms with Crippen LogP contribution in [0.4, 0.5) is 0 Å². The molecule has 0 radical (unpaired) electrons. The molecular formula is C17H16N2O3. The smallest absolute Gasteiger partial charge is 0.233 e. The van der Waals surface area contributed by atoms with Gasteiger partial charge in [0.1, 0.15) is 0 Å². The van der Waals surface area contributed by atoms with Crippen molar-refractivity contribution in [2.45, 2.75) is 18.9 Å². The first-order valence-corrected chi connectivity index (χ1v) is 7.30. The molecule has 3 unspecified atom stereocenters. The van der Waals surface area contributed by atoms with Gasteiger partial charge in [-0.05, 0) is 30.5 Å². The van der Waals surface area contributed by atoms with Gasteiger partial charge in [-0.15, -0.1) is 0 Å². The minimum Gasteiger partial charge on any atom is -0.387 e. The van der Waals surface area contributed by atoms with E-state index in [1.807, 2.05) is 18.2 Å². The summed E-state index contributed by atoms with van der Waals surface area (Å²) in [7, 11) is 0. The molecule has 1 N–H and O–H groups in total. The van der Waals surface area contributed by atoms with E-state index in [-0.39, 0.29) is 30.2 Å². The lowest BCUT2D eigenvalue weighted by molar-refractivity contribution is -0.141. The number of carbonyl (C=O) groups excluding carboxylic acids is 2. The van der Waals surface area contributed by atoms with Gasteiger partial charge in [-0.1, -0.05) is 24.3 Å². The van der Waals surface area contributed by atoms with Crippen LogP contribution in [0.25, 0.3) is 0 Å². The Morgan fingerprint density at radius 1 is 1.14 bits per heavy atom. The van der Waals surface area contributed by atoms with Crippen molar-refractivity contribution in [3.05, 3.63) is 47.5 Å². The number of nitriles is 1. The fraction of sp³-hybridized carbons (Fsp3) is 0.353. The van der Waals surface area contributed by atoms with Crippen molar-refractivity contribution in [3.8, 4) is 6.07 Å². The summed E-state index contributed by atoms with van der Waals surface area (Å²) in [5, 5.41) is 19.0. The second-order valence-corrected chi connectivity index (χ2v) is 5.69. The van der Waals surface area contributed by atoms with E-state index in [0.717, 1.165) is 0 Å². The molecule has 2 amide bonds. The maximum atomic E-state index is 12.3. The summed E-state index contributed by atoms with van der Waals surface area (Å²) in [5.74, 6) is -0.921. The van der Waals surface area contributed by atoms with E-state index in [4.69, 9.17) is 5.26 Å². The molecule has 5 nitrogen and oxygen atoms in total. The van der Waals surface area contributed by atoms with Gasteiger partial charge < -0.3 is 5.11 Å². The third-order valence-corrected chi connectivity index (χ3v) is 4.38. The van der Waals surface area contributed by atoms with Gasteiger partial charge in [-0.25, -0.2) is 0 Å². The van der Waals surface area contributed by atoms with Crippen molar-refractivity contribution >= 4 is 11.8 Å². The molecule has 0 spiro atoms. The van der Waals surface area contributed by atoms with E-state index >= 15 is 0 Å². The third-order valence-electron chi connectivity index (χ3n) is 4.38. The predicted octanol–water partition coefficient (Wildman–Crippen LogP) is 1.54. The number of likely N-dealkylation sites (tertiary alicyclic amines) is 1. The topological polar surface area (TPSA) is 81.4 Å². The molecule has 1 aromatic carbocycles. The maximum Gasteiger partial charge on any atom is 0.233 e. The number of benzene rings is 1. The molecular weight excluding hydrogens is 280 g/mol. The maximum absolute atomic E-state index is 12.3. The minimum absolute atomic E-state index is 0.0312. The molecule has 3 rings (SSSR count). The molecule has 1 saturated heterocycles. The lowest BCUT2D eigenvalue weighted by Crippen LogP contribution is -2.35. The lowest BCUT2D eigenvalue weighted by atomic mass is 9.85. The van der Waals surface area contributed by atoms with Crippen LogP contribution in [0.3, 0.4) is 0 Å². The first-order valence-electron chi connectivity index (χ1n) is 7.30. The number of carbonyl (C=O) groups is 2. The highest BCUT2D eigenvalue weighted by atomic mass is 16.3. The molecule has 3 atom stereocenters. The van der Waals surface area contributed by atoms with Crippen LogP contribution in [0.1, 0.15) is 30.1 Å². The van der Waals surface area contributed by atoms with Crippen LogP contribution in [0.5, 0.6) is 0 Å². The molecule has 112 valence electrons. The van der Waals surface area contributed by atoms with Crippen LogP contribution in [0, 0.1) is 23.2 Å². The molecule has 22 heavy (non-hydrogen) atoms. The number of nitrogens with zero attached hydrogens (tertiary/aromatic N) is 2. The number of amides is 2. The summed E-state index contributed by atoms with van der Waals surface area (Å²) >= 11 is 0. The van der Waals surface area contributed by atoms with Crippen LogP contribution >= 0.6 is 0 Å². The van der Waals surface area contributed by atoms with Crippen LogP contribution in [-0.2, 0) is 9.59 Å². The quantitative estimate of drug-likeness (QED) is 0.677. The number of rotatable bonds is 3. The molecule has 5 heteroatoms. The van der Waals surface area contributed by atoms with E-state index in [0.29, 0.717) is 24.0 Å². The number of allylic oxidation sites excluding steroid dienone is 2. The number of imide groups is 1. The van der Waals surface area contributed by atoms with E-state index in [9.17, 15) is 14.7 Å². The molecule has 0 bridgehead atoms. The average Bonchev–Trinajstić information content (AvgIpc) is 2.80. The molecule has 1 fully saturated rings. The fourth-order valence-corrected chi connectivity index (χ4v) is 3.11. The SMILES string of the molecule is N#Cc1ccc(C(O)CN2C(=O)C3CC=CCC3C2=O)cc1. The zero-order chi connectivity index (χ0) is 15.7. The minimum atomic E-state index is -0.936. The Kier molecular flexibility index (Phi) is 3.78. The summed E-state index contributed by atoms with van der Waals surface area (Å²) in [6.07, 6.45) is 4.13. The van der Waals surface area contributed by atoms with E-state index in [2.05, 4.69) is 0 Å². The van der Waals surface area contributed by atoms with Crippen molar-refractivity contribution < 1.29 is 14.7 Å². The normalized spacial score (nSPS) is 25.0. The van der Waals surface area contributed by atoms with Crippen molar-refractivity contribution in [2.24, 2.45) is 11.8 Å². The second kappa shape index (κ2) is 5.74. The lowest BCUT2D eigenvalue weighted by Gasteiger charge is -2.19. The Morgan fingerprint density at radius 3 is 2.18 bits per heavy atom. The second-order valence-electron chi connectivity index (χ2n) is 5.69. The summed E-state index contributed by atoms with van der Waals surface area (Å²) in [6.45, 7) is -0.0312. The van der Waals surface area contributed by atoms with Crippen molar-refractivity contribution in [3.63, 3.8) is 0 Å². The van der Waals surface area contributed by atoms with Gasteiger partial charge in [-0.3, -0.25) is 14.5 Å². The molecule has 2 aliphatic rings. The first-order chi connectivity index (χ1) is 10.6. The van der Waals surface area contributed by atoms with Gasteiger partial charge in [-0.2, -0.15) is 5.26 Å². The third kappa shape index (κ3) is 2.42. The number of β-amino-alcohol motifs (C(OH)–C–C–N with tert-alkyl or cyclic N) is 1. The zero-order valence-electron chi connectivity index (χ0n) is 12.0. The number of hydrogen-bond acceptors (Lipinski definition) is 4. The zero-order valence-corrected chi connectivity index (χ0v) is 12.0. The highest BCUT2D eigenvalue weighted by Crippen LogP contribution is 2.35. The van der Waals surface area contributed by atoms with Gasteiger partial charge in [0, 0.05) is 0 Å². The molecule has 0 saturated carbocycles. The summed E-state index contributed by atoms with van der Waals surface area (Å²) in [5.41, 5.74) is 1.09. The standard InChI is InChI=1S/C17H16N2O3/c18-9-11-5-7-12(8-6-11)15(20)10-19-16(21)13-3-1-2-4-14(13)17(19)22/h1-2,5-8,13-15,20H,3-4,10H2. The largest absolute Gasteiger partial charge is 0.387 e. The fourth-order valence-electron chi connectivity index (χ4n) is 3.11. The Balaban J connectivity index is 1.73. The summed E-state index contributed by atoms with van der Waals surface area (Å²) < 4.78 is 0. The van der Waals surface area contributed by atoms with Crippen LogP contribution in [-0.4, -0.2) is 28.4 Å². The van der Waals surface area contributed by atoms with Gasteiger partial charge in [0.2, 0.25) is 11.8 Å². The van der Waals surface area contributed by atoms with Crippen molar-refractivity contribution in [2.75, 3.05) is 6.54 Å². The molecule has 1 aliphatic heterocycles. The Bertz CT molecular complexity index is 646. The number of aliphatic hydroxyl groups excluding tert-OH is 1. The van der Waals surface area contributed by atoms with E-state index in [1.54, 1.807) is 24.3 Å². The number of hydrogen-bond donors (Lipinski definition) is 1. The molecule has 1 aliphatic carbocycles. The van der Waals surface area contributed by atoms with Gasteiger partial charge >= 0.3 is 0 Å². The monoisotopic (exact) mass is 296 g/mol. The number of aliphatic hydroxyl groups is 1. The number of fused-ring (bicyclic) bond motifs is 1. The highest BCUT2D eigenvalue weighted by Gasteiger charge is 2.47.